The predicted octanol–water partition coefficient (Wildman–Crippen LogP) is 2.05. The Labute approximate surface area is 81.5 Å². The van der Waals surface area contributed by atoms with Gasteiger partial charge in [-0.25, -0.2) is 0 Å². The summed E-state index contributed by atoms with van der Waals surface area (Å²) in [4.78, 5) is 4.71. The van der Waals surface area contributed by atoms with Crippen LogP contribution >= 0.6 is 0 Å². The molecule has 1 aliphatic rings. The van der Waals surface area contributed by atoms with Gasteiger partial charge in [0.05, 0.1) is 0 Å². The van der Waals surface area contributed by atoms with E-state index < -0.39 is 0 Å². The molecule has 0 amide bonds. The second kappa shape index (κ2) is 4.38. The van der Waals surface area contributed by atoms with Crippen LogP contribution in [0.3, 0.4) is 0 Å². The van der Waals surface area contributed by atoms with Gasteiger partial charge < -0.3 is 9.80 Å². The van der Waals surface area contributed by atoms with Gasteiger partial charge in [0.2, 0.25) is 0 Å². The molecule has 0 spiro atoms. The van der Waals surface area contributed by atoms with Gasteiger partial charge in [0, 0.05) is 26.2 Å². The number of hydrogen-bond donors (Lipinski definition) is 0. The van der Waals surface area contributed by atoms with E-state index in [9.17, 15) is 0 Å². The van der Waals surface area contributed by atoms with Crippen LogP contribution in [0, 0.1) is 0 Å². The molecule has 0 unspecified atom stereocenters. The van der Waals surface area contributed by atoms with E-state index >= 15 is 0 Å². The predicted molar refractivity (Wildman–Crippen MR) is 56.4 cm³/mol. The summed E-state index contributed by atoms with van der Waals surface area (Å²) in [6.45, 7) is 13.1. The normalized spacial score (nSPS) is 13.5. The first-order valence-electron chi connectivity index (χ1n) is 5.29. The van der Waals surface area contributed by atoms with Gasteiger partial charge in [-0.2, -0.15) is 0 Å². The molecule has 0 saturated heterocycles. The van der Waals surface area contributed by atoms with Gasteiger partial charge in [-0.3, -0.25) is 0 Å². The summed E-state index contributed by atoms with van der Waals surface area (Å²) in [5.74, 6) is 0. The largest absolute Gasteiger partial charge is 0.364 e. The lowest BCUT2D eigenvalue weighted by molar-refractivity contribution is 0.348. The highest BCUT2D eigenvalue weighted by atomic mass is 15.2. The van der Waals surface area contributed by atoms with Crippen LogP contribution in [0.1, 0.15) is 27.7 Å². The molecule has 0 aliphatic heterocycles. The minimum absolute atomic E-state index is 1.09. The third-order valence-corrected chi connectivity index (χ3v) is 2.56. The maximum absolute atomic E-state index is 3.36. The summed E-state index contributed by atoms with van der Waals surface area (Å²) in [6, 6.07) is 0. The fraction of sp³-hybridized carbons (Fsp3) is 0.727. The lowest BCUT2D eigenvalue weighted by Gasteiger charge is -2.23. The van der Waals surface area contributed by atoms with Gasteiger partial charge in [-0.05, 0) is 27.7 Å². The monoisotopic (exact) mass is 180 g/mol. The summed E-state index contributed by atoms with van der Waals surface area (Å²) in [5.41, 5.74) is 6.01. The van der Waals surface area contributed by atoms with Gasteiger partial charge in [-0.1, -0.05) is 5.73 Å². The Morgan fingerprint density at radius 1 is 0.769 bits per heavy atom. The van der Waals surface area contributed by atoms with E-state index in [4.69, 9.17) is 0 Å². The minimum atomic E-state index is 1.09. The van der Waals surface area contributed by atoms with Crippen molar-refractivity contribution in [2.24, 2.45) is 0 Å². The molecule has 74 valence electrons. The maximum atomic E-state index is 3.36. The molecule has 0 atom stereocenters. The van der Waals surface area contributed by atoms with E-state index in [1.807, 2.05) is 0 Å². The number of nitrogens with zero attached hydrogens (tertiary/aromatic N) is 2. The molecular formula is C11H20N2. The standard InChI is InChI=1S/C11H20N2/c1-5-12(6-2)10-9-11(10)13(7-3)8-4/h5-8H2,1-4H3. The molecule has 0 aromatic rings. The van der Waals surface area contributed by atoms with Crippen LogP contribution in [-0.4, -0.2) is 36.0 Å². The zero-order chi connectivity index (χ0) is 9.84. The zero-order valence-electron chi connectivity index (χ0n) is 9.22. The molecule has 0 bridgehead atoms. The summed E-state index contributed by atoms with van der Waals surface area (Å²) < 4.78 is 0. The third-order valence-electron chi connectivity index (χ3n) is 2.56. The van der Waals surface area contributed by atoms with E-state index in [1.54, 1.807) is 0 Å². The highest BCUT2D eigenvalue weighted by molar-refractivity contribution is 5.41. The number of hydrogen-bond acceptors (Lipinski definition) is 2. The van der Waals surface area contributed by atoms with Gasteiger partial charge in [0.1, 0.15) is 11.4 Å². The van der Waals surface area contributed by atoms with Crippen molar-refractivity contribution in [3.63, 3.8) is 0 Å². The first-order chi connectivity index (χ1) is 6.28. The lowest BCUT2D eigenvalue weighted by atomic mass is 10.4. The summed E-state index contributed by atoms with van der Waals surface area (Å²) in [7, 11) is 0. The molecule has 1 rings (SSSR count). The maximum Gasteiger partial charge on any atom is 0.114 e. The summed E-state index contributed by atoms with van der Waals surface area (Å²) in [6.07, 6.45) is 0. The molecule has 2 nitrogen and oxygen atoms in total. The SMILES string of the molecule is CCN(CC)C1=C=C1N(CC)CC. The van der Waals surface area contributed by atoms with E-state index in [1.165, 1.54) is 11.4 Å². The fourth-order valence-electron chi connectivity index (χ4n) is 1.62. The van der Waals surface area contributed by atoms with Crippen LogP contribution in [0.15, 0.2) is 17.1 Å². The molecule has 13 heavy (non-hydrogen) atoms. The Morgan fingerprint density at radius 2 is 1.08 bits per heavy atom. The molecule has 2 heteroatoms. The molecule has 0 radical (unpaired) electrons. The fourth-order valence-corrected chi connectivity index (χ4v) is 1.62. The van der Waals surface area contributed by atoms with Crippen molar-refractivity contribution in [2.45, 2.75) is 27.7 Å². The number of likely N-dealkylation sites (N-methyl/N-ethyl adjacent to an activating group) is 2. The van der Waals surface area contributed by atoms with Gasteiger partial charge in [-0.15, -0.1) is 0 Å². The Balaban J connectivity index is 2.42. The van der Waals surface area contributed by atoms with Crippen molar-refractivity contribution in [1.82, 2.24) is 9.80 Å². The van der Waals surface area contributed by atoms with Crippen LogP contribution in [-0.2, 0) is 0 Å². The molecule has 0 N–H and O–H groups in total. The second-order valence-electron chi connectivity index (χ2n) is 3.17. The third kappa shape index (κ3) is 2.07. The molecule has 0 aromatic heterocycles. The Kier molecular flexibility index (Phi) is 3.44. The molecular weight excluding hydrogens is 160 g/mol. The average Bonchev–Trinajstić information content (AvgIpc) is 2.90. The summed E-state index contributed by atoms with van der Waals surface area (Å²) in [5, 5.41) is 0. The quantitative estimate of drug-likeness (QED) is 0.577. The van der Waals surface area contributed by atoms with Gasteiger partial charge in [0.25, 0.3) is 0 Å². The Hall–Kier alpha value is -0.880. The zero-order valence-corrected chi connectivity index (χ0v) is 9.22. The van der Waals surface area contributed by atoms with Crippen molar-refractivity contribution in [1.29, 1.82) is 0 Å². The van der Waals surface area contributed by atoms with Crippen molar-refractivity contribution in [3.8, 4) is 0 Å². The van der Waals surface area contributed by atoms with Crippen molar-refractivity contribution in [3.05, 3.63) is 17.1 Å². The molecule has 1 aliphatic carbocycles. The molecule has 0 aromatic carbocycles. The van der Waals surface area contributed by atoms with Crippen LogP contribution in [0.2, 0.25) is 0 Å². The van der Waals surface area contributed by atoms with Crippen molar-refractivity contribution in [2.75, 3.05) is 26.2 Å². The molecule has 0 fully saturated rings. The van der Waals surface area contributed by atoms with Gasteiger partial charge in [0.15, 0.2) is 0 Å². The highest BCUT2D eigenvalue weighted by Crippen LogP contribution is 2.27. The minimum Gasteiger partial charge on any atom is -0.364 e. The molecule has 0 heterocycles. The topological polar surface area (TPSA) is 6.48 Å². The first kappa shape index (κ1) is 10.2. The summed E-state index contributed by atoms with van der Waals surface area (Å²) >= 11 is 0. The highest BCUT2D eigenvalue weighted by Gasteiger charge is 2.24. The first-order valence-corrected chi connectivity index (χ1v) is 5.29. The molecule has 0 saturated carbocycles. The van der Waals surface area contributed by atoms with Crippen LogP contribution in [0.4, 0.5) is 0 Å². The van der Waals surface area contributed by atoms with Crippen molar-refractivity contribution >= 4 is 0 Å². The Bertz CT molecular complexity index is 206. The van der Waals surface area contributed by atoms with Crippen LogP contribution in [0.25, 0.3) is 0 Å². The Morgan fingerprint density at radius 3 is 1.31 bits per heavy atom. The van der Waals surface area contributed by atoms with Crippen LogP contribution < -0.4 is 0 Å². The second-order valence-corrected chi connectivity index (χ2v) is 3.17. The van der Waals surface area contributed by atoms with Crippen molar-refractivity contribution < 1.29 is 0 Å². The van der Waals surface area contributed by atoms with Gasteiger partial charge >= 0.3 is 0 Å². The smallest absolute Gasteiger partial charge is 0.114 e. The van der Waals surface area contributed by atoms with E-state index in [0.29, 0.717) is 0 Å². The van der Waals surface area contributed by atoms with E-state index in [0.717, 1.165) is 26.2 Å². The van der Waals surface area contributed by atoms with Crippen LogP contribution in [0.5, 0.6) is 0 Å². The van der Waals surface area contributed by atoms with E-state index in [-0.39, 0.29) is 0 Å². The lowest BCUT2D eigenvalue weighted by Crippen LogP contribution is -2.25. The van der Waals surface area contributed by atoms with E-state index in [2.05, 4.69) is 43.2 Å². The number of rotatable bonds is 6. The average molecular weight is 180 g/mol.